The highest BCUT2D eigenvalue weighted by Crippen LogP contribution is 2.27. The second kappa shape index (κ2) is 5.57. The molecule has 0 aliphatic heterocycles. The Morgan fingerprint density at radius 3 is 2.68 bits per heavy atom. The maximum atomic E-state index is 11.0. The quantitative estimate of drug-likeness (QED) is 0.684. The van der Waals surface area contributed by atoms with Gasteiger partial charge in [-0.05, 0) is 26.0 Å². The summed E-state index contributed by atoms with van der Waals surface area (Å²) in [7, 11) is 0. The van der Waals surface area contributed by atoms with E-state index in [2.05, 4.69) is 25.5 Å². The monoisotopic (exact) mass is 315 g/mol. The van der Waals surface area contributed by atoms with Crippen molar-refractivity contribution in [3.05, 3.63) is 40.5 Å². The molecule has 0 saturated heterocycles. The van der Waals surface area contributed by atoms with Gasteiger partial charge in [-0.3, -0.25) is 5.10 Å². The van der Waals surface area contributed by atoms with E-state index in [1.54, 1.807) is 18.2 Å². The van der Waals surface area contributed by atoms with Crippen molar-refractivity contribution in [3.63, 3.8) is 0 Å². The topological polar surface area (TPSA) is 104 Å². The Balaban J connectivity index is 1.93. The number of anilines is 2. The normalized spacial score (nSPS) is 10.6. The number of aromatic nitrogens is 4. The van der Waals surface area contributed by atoms with Crippen molar-refractivity contribution in [2.24, 2.45) is 0 Å². The summed E-state index contributed by atoms with van der Waals surface area (Å²) in [5.41, 5.74) is 1.72. The highest BCUT2D eigenvalue weighted by molar-refractivity contribution is 7.17. The number of nitrogens with zero attached hydrogens (tertiary/aromatic N) is 3. The fraction of sp³-hybridized carbons (Fsp3) is 0.143. The van der Waals surface area contributed by atoms with Gasteiger partial charge < -0.3 is 10.4 Å². The lowest BCUT2D eigenvalue weighted by molar-refractivity contribution is 0.0702. The van der Waals surface area contributed by atoms with Crippen LogP contribution >= 0.6 is 11.3 Å². The van der Waals surface area contributed by atoms with Gasteiger partial charge >= 0.3 is 5.97 Å². The second-order valence-corrected chi connectivity index (χ2v) is 5.83. The molecule has 22 heavy (non-hydrogen) atoms. The number of carboxylic acid groups (broad SMARTS) is 1. The van der Waals surface area contributed by atoms with Gasteiger partial charge in [0, 0.05) is 23.5 Å². The number of hydrogen-bond acceptors (Lipinski definition) is 6. The van der Waals surface area contributed by atoms with Crippen molar-refractivity contribution in [2.75, 3.05) is 5.32 Å². The molecule has 3 N–H and O–H groups in total. The first-order valence-electron chi connectivity index (χ1n) is 6.49. The minimum absolute atomic E-state index is 0.262. The summed E-state index contributed by atoms with van der Waals surface area (Å²) in [6.45, 7) is 3.77. The number of carbonyl (C=O) groups is 1. The van der Waals surface area contributed by atoms with Crippen LogP contribution in [-0.2, 0) is 0 Å². The smallest absolute Gasteiger partial charge is 0.345 e. The Labute approximate surface area is 130 Å². The molecule has 0 aliphatic rings. The fourth-order valence-corrected chi connectivity index (χ4v) is 2.71. The van der Waals surface area contributed by atoms with E-state index in [0.29, 0.717) is 22.3 Å². The maximum Gasteiger partial charge on any atom is 0.345 e. The van der Waals surface area contributed by atoms with Crippen LogP contribution in [0.1, 0.15) is 21.1 Å². The van der Waals surface area contributed by atoms with Crippen LogP contribution in [0.3, 0.4) is 0 Å². The van der Waals surface area contributed by atoms with E-state index in [-0.39, 0.29) is 4.88 Å². The first-order valence-corrected chi connectivity index (χ1v) is 7.31. The van der Waals surface area contributed by atoms with Gasteiger partial charge in [-0.25, -0.2) is 14.8 Å². The van der Waals surface area contributed by atoms with E-state index in [1.165, 1.54) is 0 Å². The van der Waals surface area contributed by atoms with Crippen molar-refractivity contribution >= 4 is 28.9 Å². The molecule has 0 fully saturated rings. The SMILES string of the molecule is Cc1cc(Nc2cc(C)[nH]n2)nc(-c2ccc(C(=O)O)s2)n1. The summed E-state index contributed by atoms with van der Waals surface area (Å²) in [5.74, 6) is 0.819. The summed E-state index contributed by atoms with van der Waals surface area (Å²) in [6.07, 6.45) is 0. The van der Waals surface area contributed by atoms with Gasteiger partial charge in [0.1, 0.15) is 10.7 Å². The Kier molecular flexibility index (Phi) is 3.60. The van der Waals surface area contributed by atoms with Crippen molar-refractivity contribution in [2.45, 2.75) is 13.8 Å². The predicted molar refractivity (Wildman–Crippen MR) is 83.6 cm³/mol. The molecule has 0 bridgehead atoms. The number of aryl methyl sites for hydroxylation is 2. The molecule has 0 unspecified atom stereocenters. The molecule has 112 valence electrons. The van der Waals surface area contributed by atoms with E-state index >= 15 is 0 Å². The van der Waals surface area contributed by atoms with Gasteiger partial charge in [-0.1, -0.05) is 0 Å². The molecule has 0 radical (unpaired) electrons. The van der Waals surface area contributed by atoms with E-state index in [4.69, 9.17) is 5.11 Å². The molecule has 0 aliphatic carbocycles. The number of aromatic carboxylic acids is 1. The number of hydrogen-bond donors (Lipinski definition) is 3. The standard InChI is InChI=1S/C14H13N5O2S/c1-7-5-11(16-12-6-8(2)18-19-12)17-13(15-7)9-3-4-10(22-9)14(20)21/h3-6H,1-2H3,(H,20,21)(H2,15,16,17,18,19). The minimum Gasteiger partial charge on any atom is -0.477 e. The summed E-state index contributed by atoms with van der Waals surface area (Å²) in [6, 6.07) is 6.94. The van der Waals surface area contributed by atoms with Gasteiger partial charge in [0.15, 0.2) is 11.6 Å². The molecule has 3 heterocycles. The molecule has 7 nitrogen and oxygen atoms in total. The molecule has 3 aromatic rings. The first-order chi connectivity index (χ1) is 10.5. The van der Waals surface area contributed by atoms with Crippen molar-refractivity contribution in [1.29, 1.82) is 0 Å². The van der Waals surface area contributed by atoms with E-state index in [1.807, 2.05) is 19.9 Å². The van der Waals surface area contributed by atoms with Crippen molar-refractivity contribution in [1.82, 2.24) is 20.2 Å². The average molecular weight is 315 g/mol. The molecule has 0 amide bonds. The van der Waals surface area contributed by atoms with Crippen molar-refractivity contribution < 1.29 is 9.90 Å². The Hall–Kier alpha value is -2.74. The van der Waals surface area contributed by atoms with Crippen LogP contribution in [0.15, 0.2) is 24.3 Å². The predicted octanol–water partition coefficient (Wildman–Crippen LogP) is 2.99. The minimum atomic E-state index is -0.950. The summed E-state index contributed by atoms with van der Waals surface area (Å²) < 4.78 is 0. The van der Waals surface area contributed by atoms with Crippen LogP contribution in [0.25, 0.3) is 10.7 Å². The van der Waals surface area contributed by atoms with Gasteiger partial charge in [0.05, 0.1) is 4.88 Å². The van der Waals surface area contributed by atoms with Crippen molar-refractivity contribution in [3.8, 4) is 10.7 Å². The van der Waals surface area contributed by atoms with Crippen LogP contribution in [0, 0.1) is 13.8 Å². The van der Waals surface area contributed by atoms with Crippen LogP contribution < -0.4 is 5.32 Å². The van der Waals surface area contributed by atoms with Crippen LogP contribution in [0.2, 0.25) is 0 Å². The van der Waals surface area contributed by atoms with Crippen LogP contribution in [0.5, 0.6) is 0 Å². The molecule has 0 aromatic carbocycles. The number of thiophene rings is 1. The maximum absolute atomic E-state index is 11.0. The average Bonchev–Trinajstić information content (AvgIpc) is 3.07. The molecular formula is C14H13N5O2S. The number of carboxylic acids is 1. The summed E-state index contributed by atoms with van der Waals surface area (Å²) in [5, 5.41) is 19.0. The lowest BCUT2D eigenvalue weighted by atomic mass is 10.3. The molecule has 3 rings (SSSR count). The zero-order chi connectivity index (χ0) is 15.7. The molecule has 0 saturated carbocycles. The molecule has 0 spiro atoms. The number of rotatable bonds is 4. The van der Waals surface area contributed by atoms with Gasteiger partial charge in [-0.2, -0.15) is 5.10 Å². The largest absolute Gasteiger partial charge is 0.477 e. The third kappa shape index (κ3) is 2.96. The zero-order valence-electron chi connectivity index (χ0n) is 11.9. The molecule has 8 heteroatoms. The zero-order valence-corrected chi connectivity index (χ0v) is 12.7. The summed E-state index contributed by atoms with van der Waals surface area (Å²) in [4.78, 5) is 20.7. The van der Waals surface area contributed by atoms with Crippen LogP contribution in [-0.4, -0.2) is 31.2 Å². The Morgan fingerprint density at radius 2 is 2.05 bits per heavy atom. The van der Waals surface area contributed by atoms with E-state index < -0.39 is 5.97 Å². The summed E-state index contributed by atoms with van der Waals surface area (Å²) >= 11 is 1.15. The third-order valence-corrected chi connectivity index (χ3v) is 3.92. The van der Waals surface area contributed by atoms with Crippen LogP contribution in [0.4, 0.5) is 11.6 Å². The number of H-pyrrole nitrogens is 1. The highest BCUT2D eigenvalue weighted by Gasteiger charge is 2.12. The fourth-order valence-electron chi connectivity index (χ4n) is 1.93. The first kappa shape index (κ1) is 14.2. The van der Waals surface area contributed by atoms with Gasteiger partial charge in [-0.15, -0.1) is 11.3 Å². The Bertz CT molecular complexity index is 839. The number of aromatic amines is 1. The lowest BCUT2D eigenvalue weighted by Crippen LogP contribution is -1.98. The van der Waals surface area contributed by atoms with Gasteiger partial charge in [0.2, 0.25) is 0 Å². The number of nitrogens with one attached hydrogen (secondary N) is 2. The second-order valence-electron chi connectivity index (χ2n) is 4.75. The highest BCUT2D eigenvalue weighted by atomic mass is 32.1. The lowest BCUT2D eigenvalue weighted by Gasteiger charge is -2.05. The molecule has 3 aromatic heterocycles. The van der Waals surface area contributed by atoms with E-state index in [9.17, 15) is 4.79 Å². The van der Waals surface area contributed by atoms with E-state index in [0.717, 1.165) is 22.7 Å². The molecule has 0 atom stereocenters. The third-order valence-electron chi connectivity index (χ3n) is 2.85. The van der Waals surface area contributed by atoms with Gasteiger partial charge in [0.25, 0.3) is 0 Å². The Morgan fingerprint density at radius 1 is 1.23 bits per heavy atom. The molecular weight excluding hydrogens is 302 g/mol.